The summed E-state index contributed by atoms with van der Waals surface area (Å²) in [6.45, 7) is 8.90. The summed E-state index contributed by atoms with van der Waals surface area (Å²) in [5, 5.41) is 0. The van der Waals surface area contributed by atoms with Crippen molar-refractivity contribution in [1.29, 1.82) is 0 Å². The van der Waals surface area contributed by atoms with Gasteiger partial charge < -0.3 is 9.47 Å². The Morgan fingerprint density at radius 2 is 1.79 bits per heavy atom. The Morgan fingerprint density at radius 1 is 1.11 bits per heavy atom. The molecule has 4 rings (SSSR count). The van der Waals surface area contributed by atoms with E-state index in [4.69, 9.17) is 9.47 Å². The van der Waals surface area contributed by atoms with Crippen LogP contribution in [0.2, 0.25) is 0 Å². The van der Waals surface area contributed by atoms with Crippen molar-refractivity contribution < 1.29 is 9.47 Å². The molecule has 1 aromatic carbocycles. The number of hydrogen-bond acceptors (Lipinski definition) is 2. The Morgan fingerprint density at radius 3 is 2.53 bits per heavy atom. The van der Waals surface area contributed by atoms with Crippen molar-refractivity contribution in [1.82, 2.24) is 0 Å². The summed E-state index contributed by atoms with van der Waals surface area (Å²) in [5.74, 6) is 3.37. The van der Waals surface area contributed by atoms with Gasteiger partial charge >= 0.3 is 0 Å². The molecule has 0 aromatic heterocycles. The van der Waals surface area contributed by atoms with Crippen LogP contribution in [-0.4, -0.2) is 11.2 Å². The molecule has 0 spiro atoms. The van der Waals surface area contributed by atoms with Crippen LogP contribution in [-0.2, 0) is 0 Å². The summed E-state index contributed by atoms with van der Waals surface area (Å²) < 4.78 is 12.7. The molecule has 2 heterocycles. The van der Waals surface area contributed by atoms with Crippen LogP contribution in [0.5, 0.6) is 11.5 Å². The second-order valence-electron chi connectivity index (χ2n) is 7.39. The zero-order valence-electron chi connectivity index (χ0n) is 12.2. The molecule has 3 atom stereocenters. The highest BCUT2D eigenvalue weighted by molar-refractivity contribution is 5.54. The number of hydrogen-bond donors (Lipinski definition) is 0. The minimum Gasteiger partial charge on any atom is -0.487 e. The summed E-state index contributed by atoms with van der Waals surface area (Å²) in [6.07, 6.45) is 3.50. The van der Waals surface area contributed by atoms with E-state index >= 15 is 0 Å². The standard InChI is InChI=1S/C17H22O2/c1-10-7-13-15-11-9-17(4,19-14(15)8-10)6-5-12(11)16(2,3)18-13/h7-8,11-12H,5-6,9H2,1-4H3/t11?,12-,17+/m0/s1. The van der Waals surface area contributed by atoms with Gasteiger partial charge in [0.25, 0.3) is 0 Å². The average Bonchev–Trinajstić information content (AvgIpc) is 2.24. The topological polar surface area (TPSA) is 18.5 Å². The zero-order valence-corrected chi connectivity index (χ0v) is 12.2. The first-order valence-corrected chi connectivity index (χ1v) is 7.41. The smallest absolute Gasteiger partial charge is 0.127 e. The molecular weight excluding hydrogens is 236 g/mol. The molecule has 19 heavy (non-hydrogen) atoms. The summed E-state index contributed by atoms with van der Waals surface area (Å²) in [6, 6.07) is 4.37. The zero-order chi connectivity index (χ0) is 13.4. The van der Waals surface area contributed by atoms with Crippen molar-refractivity contribution in [2.45, 2.75) is 64.1 Å². The molecule has 2 bridgehead atoms. The van der Waals surface area contributed by atoms with E-state index in [0.717, 1.165) is 24.3 Å². The molecule has 0 radical (unpaired) electrons. The third-order valence-corrected chi connectivity index (χ3v) is 5.36. The summed E-state index contributed by atoms with van der Waals surface area (Å²) in [4.78, 5) is 0. The fourth-order valence-electron chi connectivity index (χ4n) is 4.49. The van der Waals surface area contributed by atoms with Crippen molar-refractivity contribution >= 4 is 0 Å². The van der Waals surface area contributed by atoms with Gasteiger partial charge in [0.1, 0.15) is 22.7 Å². The Balaban J connectivity index is 1.97. The fourth-order valence-corrected chi connectivity index (χ4v) is 4.49. The third kappa shape index (κ3) is 1.49. The van der Waals surface area contributed by atoms with Crippen LogP contribution in [0.3, 0.4) is 0 Å². The molecular formula is C17H22O2. The van der Waals surface area contributed by atoms with Gasteiger partial charge in [-0.1, -0.05) is 0 Å². The molecule has 1 aromatic rings. The highest BCUT2D eigenvalue weighted by Gasteiger charge is 2.53. The lowest BCUT2D eigenvalue weighted by Crippen LogP contribution is -2.53. The highest BCUT2D eigenvalue weighted by atomic mass is 16.5. The van der Waals surface area contributed by atoms with E-state index in [-0.39, 0.29) is 11.2 Å². The second-order valence-corrected chi connectivity index (χ2v) is 7.39. The summed E-state index contributed by atoms with van der Waals surface area (Å²) in [7, 11) is 0. The van der Waals surface area contributed by atoms with Gasteiger partial charge in [-0.2, -0.15) is 0 Å². The Labute approximate surface area is 115 Å². The van der Waals surface area contributed by atoms with E-state index in [1.54, 1.807) is 0 Å². The van der Waals surface area contributed by atoms with Crippen LogP contribution < -0.4 is 9.47 Å². The first-order valence-electron chi connectivity index (χ1n) is 7.41. The highest BCUT2D eigenvalue weighted by Crippen LogP contribution is 2.60. The largest absolute Gasteiger partial charge is 0.487 e. The number of rotatable bonds is 0. The van der Waals surface area contributed by atoms with Crippen LogP contribution >= 0.6 is 0 Å². The van der Waals surface area contributed by atoms with Gasteiger partial charge in [0.05, 0.1) is 0 Å². The van der Waals surface area contributed by atoms with Crippen molar-refractivity contribution in [2.24, 2.45) is 5.92 Å². The SMILES string of the molecule is Cc1cc2c3c(c1)O[C@]1(C)CC[C@@H](C3C1)C(C)(C)O2. The maximum Gasteiger partial charge on any atom is 0.127 e. The van der Waals surface area contributed by atoms with Gasteiger partial charge in [0.15, 0.2) is 0 Å². The van der Waals surface area contributed by atoms with Crippen molar-refractivity contribution in [3.63, 3.8) is 0 Å². The third-order valence-electron chi connectivity index (χ3n) is 5.36. The lowest BCUT2D eigenvalue weighted by molar-refractivity contribution is -0.0727. The fraction of sp³-hybridized carbons (Fsp3) is 0.647. The quantitative estimate of drug-likeness (QED) is 0.694. The van der Waals surface area contributed by atoms with Crippen LogP contribution in [0.25, 0.3) is 0 Å². The molecule has 0 amide bonds. The van der Waals surface area contributed by atoms with Gasteiger partial charge in [-0.3, -0.25) is 0 Å². The minimum atomic E-state index is -0.0542. The number of fused-ring (bicyclic) bond motifs is 1. The van der Waals surface area contributed by atoms with Crippen LogP contribution in [0.15, 0.2) is 12.1 Å². The maximum atomic E-state index is 6.33. The summed E-state index contributed by atoms with van der Waals surface area (Å²) >= 11 is 0. The van der Waals surface area contributed by atoms with E-state index in [9.17, 15) is 0 Å². The lowest BCUT2D eigenvalue weighted by atomic mass is 9.61. The maximum absolute atomic E-state index is 6.33. The van der Waals surface area contributed by atoms with Crippen molar-refractivity contribution in [3.05, 3.63) is 23.3 Å². The molecule has 2 nitrogen and oxygen atoms in total. The van der Waals surface area contributed by atoms with Crippen LogP contribution in [0.1, 0.15) is 57.1 Å². The predicted octanol–water partition coefficient (Wildman–Crippen LogP) is 4.20. The van der Waals surface area contributed by atoms with E-state index in [2.05, 4.69) is 39.8 Å². The monoisotopic (exact) mass is 258 g/mol. The van der Waals surface area contributed by atoms with E-state index in [1.807, 2.05) is 0 Å². The second kappa shape index (κ2) is 3.28. The Kier molecular flexibility index (Phi) is 2.01. The van der Waals surface area contributed by atoms with Gasteiger partial charge in [-0.15, -0.1) is 0 Å². The molecule has 2 heteroatoms. The Bertz CT molecular complexity index is 543. The number of ether oxygens (including phenoxy) is 2. The molecule has 1 unspecified atom stereocenters. The molecule has 1 aliphatic carbocycles. The molecule has 3 aliphatic rings. The number of benzene rings is 1. The van der Waals surface area contributed by atoms with Crippen molar-refractivity contribution in [2.75, 3.05) is 0 Å². The molecule has 0 saturated heterocycles. The van der Waals surface area contributed by atoms with Gasteiger partial charge in [-0.05, 0) is 64.7 Å². The molecule has 1 fully saturated rings. The van der Waals surface area contributed by atoms with E-state index < -0.39 is 0 Å². The number of aryl methyl sites for hydroxylation is 1. The van der Waals surface area contributed by atoms with Crippen molar-refractivity contribution in [3.8, 4) is 11.5 Å². The summed E-state index contributed by atoms with van der Waals surface area (Å²) in [5.41, 5.74) is 2.55. The Hall–Kier alpha value is -1.18. The first kappa shape index (κ1) is 11.6. The molecule has 0 N–H and O–H groups in total. The van der Waals surface area contributed by atoms with Crippen LogP contribution in [0.4, 0.5) is 0 Å². The van der Waals surface area contributed by atoms with Gasteiger partial charge in [0, 0.05) is 17.4 Å². The van der Waals surface area contributed by atoms with Crippen LogP contribution in [0, 0.1) is 12.8 Å². The van der Waals surface area contributed by atoms with E-state index in [1.165, 1.54) is 17.5 Å². The van der Waals surface area contributed by atoms with E-state index in [0.29, 0.717) is 11.8 Å². The van der Waals surface area contributed by atoms with Gasteiger partial charge in [-0.25, -0.2) is 0 Å². The molecule has 2 aliphatic heterocycles. The predicted molar refractivity (Wildman–Crippen MR) is 75.0 cm³/mol. The average molecular weight is 258 g/mol. The first-order chi connectivity index (χ1) is 8.88. The minimum absolute atomic E-state index is 0.0344. The molecule has 1 saturated carbocycles. The molecule has 102 valence electrons. The normalized spacial score (nSPS) is 37.3. The van der Waals surface area contributed by atoms with Gasteiger partial charge in [0.2, 0.25) is 0 Å². The lowest BCUT2D eigenvalue weighted by Gasteiger charge is -2.55.